The highest BCUT2D eigenvalue weighted by Gasteiger charge is 2.45. The minimum absolute atomic E-state index is 0.187. The first-order valence-electron chi connectivity index (χ1n) is 5.81. The van der Waals surface area contributed by atoms with Gasteiger partial charge in [0.15, 0.2) is 5.79 Å². The van der Waals surface area contributed by atoms with E-state index in [0.717, 1.165) is 0 Å². The van der Waals surface area contributed by atoms with E-state index in [4.69, 9.17) is 9.47 Å². The van der Waals surface area contributed by atoms with Crippen LogP contribution in [0, 0.1) is 0 Å². The number of rotatable bonds is 3. The van der Waals surface area contributed by atoms with Gasteiger partial charge in [0.05, 0.1) is 13.2 Å². The summed E-state index contributed by atoms with van der Waals surface area (Å²) in [6, 6.07) is -0.703. The number of imide groups is 1. The molecule has 2 fully saturated rings. The lowest BCUT2D eigenvalue weighted by Gasteiger charge is -2.20. The van der Waals surface area contributed by atoms with Crippen molar-refractivity contribution in [3.63, 3.8) is 0 Å². The first kappa shape index (κ1) is 13.8. The maximum absolute atomic E-state index is 12.0. The van der Waals surface area contributed by atoms with Crippen molar-refractivity contribution in [3.05, 3.63) is 0 Å². The Labute approximate surface area is 114 Å². The number of hydrogen-bond donors (Lipinski definition) is 0. The second kappa shape index (κ2) is 4.79. The molecule has 0 N–H and O–H groups in total. The summed E-state index contributed by atoms with van der Waals surface area (Å²) in [5.41, 5.74) is 0. The molecular formula is C11H17BrN2O4. The summed E-state index contributed by atoms with van der Waals surface area (Å²) in [5.74, 6) is -0.829. The lowest BCUT2D eigenvalue weighted by Crippen LogP contribution is -2.39. The molecule has 2 aliphatic heterocycles. The van der Waals surface area contributed by atoms with Gasteiger partial charge in [0.2, 0.25) is 0 Å². The fraction of sp³-hybridized carbons (Fsp3) is 0.818. The predicted octanol–water partition coefficient (Wildman–Crippen LogP) is 0.795. The zero-order valence-corrected chi connectivity index (χ0v) is 12.3. The van der Waals surface area contributed by atoms with Crippen LogP contribution in [0.2, 0.25) is 0 Å². The Morgan fingerprint density at radius 1 is 1.44 bits per heavy atom. The molecule has 2 unspecified atom stereocenters. The van der Waals surface area contributed by atoms with E-state index in [1.165, 1.54) is 9.80 Å². The Hall–Kier alpha value is -0.660. The minimum Gasteiger partial charge on any atom is -0.348 e. The van der Waals surface area contributed by atoms with Crippen LogP contribution in [0.25, 0.3) is 0 Å². The smallest absolute Gasteiger partial charge is 0.327 e. The topological polar surface area (TPSA) is 59.1 Å². The van der Waals surface area contributed by atoms with Crippen molar-refractivity contribution < 1.29 is 19.1 Å². The van der Waals surface area contributed by atoms with Gasteiger partial charge in [-0.25, -0.2) is 4.79 Å². The fourth-order valence-corrected chi connectivity index (χ4v) is 2.87. The van der Waals surface area contributed by atoms with Gasteiger partial charge in [-0.2, -0.15) is 0 Å². The Bertz CT molecular complexity index is 374. The summed E-state index contributed by atoms with van der Waals surface area (Å²) >= 11 is 3.25. The van der Waals surface area contributed by atoms with Crippen LogP contribution >= 0.6 is 15.9 Å². The molecule has 0 saturated carbocycles. The van der Waals surface area contributed by atoms with Gasteiger partial charge in [0.25, 0.3) is 5.91 Å². The molecule has 2 heterocycles. The lowest BCUT2D eigenvalue weighted by molar-refractivity contribution is -0.143. The number of likely N-dealkylation sites (N-methyl/N-ethyl adjacent to an activating group) is 1. The molecule has 2 rings (SSSR count). The van der Waals surface area contributed by atoms with Crippen molar-refractivity contribution >= 4 is 27.9 Å². The molecular weight excluding hydrogens is 304 g/mol. The van der Waals surface area contributed by atoms with Crippen LogP contribution in [0.3, 0.4) is 0 Å². The van der Waals surface area contributed by atoms with Crippen LogP contribution < -0.4 is 0 Å². The average molecular weight is 321 g/mol. The molecule has 0 aromatic carbocycles. The third kappa shape index (κ3) is 2.39. The normalized spacial score (nSPS) is 31.6. The van der Waals surface area contributed by atoms with Crippen LogP contribution in [-0.2, 0) is 14.3 Å². The number of nitrogens with zero attached hydrogens (tertiary/aromatic N) is 2. The van der Waals surface area contributed by atoms with Crippen molar-refractivity contribution in [1.82, 2.24) is 9.80 Å². The molecule has 7 heteroatoms. The molecule has 0 bridgehead atoms. The number of carbonyl (C=O) groups is 2. The molecule has 2 aliphatic rings. The molecule has 6 nitrogen and oxygen atoms in total. The van der Waals surface area contributed by atoms with Crippen LogP contribution in [0.1, 0.15) is 13.8 Å². The summed E-state index contributed by atoms with van der Waals surface area (Å²) in [6.07, 6.45) is -0.254. The summed E-state index contributed by atoms with van der Waals surface area (Å²) in [5, 5.41) is 0.443. The van der Waals surface area contributed by atoms with Crippen LogP contribution in [0.15, 0.2) is 0 Å². The van der Waals surface area contributed by atoms with Crippen LogP contribution in [0.5, 0.6) is 0 Å². The first-order valence-corrected chi connectivity index (χ1v) is 6.94. The fourth-order valence-electron chi connectivity index (χ4n) is 2.16. The number of amides is 3. The van der Waals surface area contributed by atoms with E-state index in [2.05, 4.69) is 15.9 Å². The second-order valence-electron chi connectivity index (χ2n) is 4.96. The quantitative estimate of drug-likeness (QED) is 0.570. The highest BCUT2D eigenvalue weighted by atomic mass is 79.9. The molecule has 0 aliphatic carbocycles. The molecule has 18 heavy (non-hydrogen) atoms. The van der Waals surface area contributed by atoms with Gasteiger partial charge in [-0.05, 0) is 13.8 Å². The maximum atomic E-state index is 12.0. The maximum Gasteiger partial charge on any atom is 0.327 e. The van der Waals surface area contributed by atoms with Gasteiger partial charge < -0.3 is 14.4 Å². The van der Waals surface area contributed by atoms with Crippen LogP contribution in [0.4, 0.5) is 4.79 Å². The van der Waals surface area contributed by atoms with E-state index in [1.807, 2.05) is 13.8 Å². The molecule has 0 radical (unpaired) electrons. The minimum atomic E-state index is -0.642. The van der Waals surface area contributed by atoms with E-state index in [1.54, 1.807) is 7.05 Å². The Balaban J connectivity index is 2.02. The third-order valence-corrected chi connectivity index (χ3v) is 3.76. The number of ether oxygens (including phenoxy) is 2. The zero-order chi connectivity index (χ0) is 13.5. The van der Waals surface area contributed by atoms with E-state index < -0.39 is 11.8 Å². The van der Waals surface area contributed by atoms with Crippen molar-refractivity contribution in [2.45, 2.75) is 31.8 Å². The Morgan fingerprint density at radius 2 is 2.11 bits per heavy atom. The Kier molecular flexibility index (Phi) is 3.66. The number of urea groups is 1. The van der Waals surface area contributed by atoms with Crippen molar-refractivity contribution in [2.24, 2.45) is 0 Å². The largest absolute Gasteiger partial charge is 0.348 e. The van der Waals surface area contributed by atoms with Gasteiger partial charge in [0, 0.05) is 12.4 Å². The number of carbonyl (C=O) groups excluding carboxylic acids is 2. The van der Waals surface area contributed by atoms with Crippen molar-refractivity contribution in [3.8, 4) is 0 Å². The van der Waals surface area contributed by atoms with E-state index in [-0.39, 0.29) is 24.6 Å². The van der Waals surface area contributed by atoms with Gasteiger partial charge in [-0.3, -0.25) is 9.69 Å². The zero-order valence-electron chi connectivity index (χ0n) is 10.7. The average Bonchev–Trinajstić information content (AvgIpc) is 2.73. The van der Waals surface area contributed by atoms with Gasteiger partial charge in [-0.1, -0.05) is 15.9 Å². The Morgan fingerprint density at radius 3 is 2.56 bits per heavy atom. The first-order chi connectivity index (χ1) is 8.35. The molecule has 0 spiro atoms. The molecule has 2 saturated heterocycles. The van der Waals surface area contributed by atoms with E-state index >= 15 is 0 Å². The molecule has 0 aromatic heterocycles. The molecule has 0 aromatic rings. The molecule has 2 atom stereocenters. The van der Waals surface area contributed by atoms with Gasteiger partial charge in [0.1, 0.15) is 12.1 Å². The highest BCUT2D eigenvalue weighted by molar-refractivity contribution is 9.09. The van der Waals surface area contributed by atoms with Crippen LogP contribution in [-0.4, -0.2) is 65.2 Å². The van der Waals surface area contributed by atoms with Gasteiger partial charge in [-0.15, -0.1) is 0 Å². The number of hydrogen-bond acceptors (Lipinski definition) is 4. The number of alkyl halides is 1. The monoisotopic (exact) mass is 320 g/mol. The van der Waals surface area contributed by atoms with Crippen molar-refractivity contribution in [2.75, 3.05) is 25.5 Å². The lowest BCUT2D eigenvalue weighted by atomic mass is 10.3. The molecule has 102 valence electrons. The summed E-state index contributed by atoms with van der Waals surface area (Å²) < 4.78 is 11.0. The molecule has 3 amide bonds. The summed E-state index contributed by atoms with van der Waals surface area (Å²) in [7, 11) is 1.63. The van der Waals surface area contributed by atoms with Gasteiger partial charge >= 0.3 is 6.03 Å². The summed E-state index contributed by atoms with van der Waals surface area (Å²) in [6.45, 7) is 4.27. The highest BCUT2D eigenvalue weighted by Crippen LogP contribution is 2.25. The standard InChI is InChI=1S/C11H17BrN2O4/c1-11(2)17-6-7(18-11)5-14-9(15)8(4-12)13(3)10(14)16/h7-8H,4-6H2,1-3H3. The summed E-state index contributed by atoms with van der Waals surface area (Å²) in [4.78, 5) is 26.7. The third-order valence-electron chi connectivity index (χ3n) is 3.15. The predicted molar refractivity (Wildman–Crippen MR) is 67.4 cm³/mol. The van der Waals surface area contributed by atoms with E-state index in [0.29, 0.717) is 11.9 Å². The number of halogens is 1. The SMILES string of the molecule is CN1C(=O)N(CC2COC(C)(C)O2)C(=O)C1CBr. The van der Waals surface area contributed by atoms with Crippen molar-refractivity contribution in [1.29, 1.82) is 0 Å². The second-order valence-corrected chi connectivity index (χ2v) is 5.61. The van der Waals surface area contributed by atoms with E-state index in [9.17, 15) is 9.59 Å².